The van der Waals surface area contributed by atoms with Gasteiger partial charge in [0, 0.05) is 24.0 Å². The molecule has 1 amide bonds. The number of aromatic nitrogens is 2. The largest absolute Gasteiger partial charge is 0.494 e. The highest BCUT2D eigenvalue weighted by atomic mass is 16.5. The predicted octanol–water partition coefficient (Wildman–Crippen LogP) is 3.78. The molecule has 3 rings (SSSR count). The minimum absolute atomic E-state index is 0.0339. The van der Waals surface area contributed by atoms with Crippen LogP contribution in [-0.2, 0) is 0 Å². The van der Waals surface area contributed by atoms with Gasteiger partial charge in [0.05, 0.1) is 12.8 Å². The summed E-state index contributed by atoms with van der Waals surface area (Å²) in [4.78, 5) is 20.6. The van der Waals surface area contributed by atoms with Gasteiger partial charge in [0.15, 0.2) is 0 Å². The third-order valence-electron chi connectivity index (χ3n) is 4.72. The number of rotatable bonds is 8. The van der Waals surface area contributed by atoms with Crippen molar-refractivity contribution in [2.24, 2.45) is 0 Å². The third kappa shape index (κ3) is 5.94. The van der Waals surface area contributed by atoms with Crippen LogP contribution in [0.4, 0.5) is 0 Å². The fourth-order valence-electron chi connectivity index (χ4n) is 3.15. The predicted molar refractivity (Wildman–Crippen MR) is 103 cm³/mol. The van der Waals surface area contributed by atoms with Crippen molar-refractivity contribution >= 4 is 5.91 Å². The fourth-order valence-corrected chi connectivity index (χ4v) is 3.15. The van der Waals surface area contributed by atoms with Gasteiger partial charge in [-0.3, -0.25) is 9.78 Å². The number of hydrogen-bond donors (Lipinski definition) is 1. The second kappa shape index (κ2) is 9.90. The van der Waals surface area contributed by atoms with Gasteiger partial charge in [-0.05, 0) is 56.4 Å². The molecule has 27 heavy (non-hydrogen) atoms. The van der Waals surface area contributed by atoms with Crippen LogP contribution in [0.25, 0.3) is 0 Å². The van der Waals surface area contributed by atoms with Crippen molar-refractivity contribution in [1.82, 2.24) is 15.3 Å². The van der Waals surface area contributed by atoms with E-state index >= 15 is 0 Å². The SMILES string of the molecule is CCCCOc1ccc(C(=O)NC2CCC(Oc3cnccn3)CC2)cc1. The zero-order valence-corrected chi connectivity index (χ0v) is 15.8. The highest BCUT2D eigenvalue weighted by molar-refractivity contribution is 5.94. The Morgan fingerprint density at radius 1 is 1.15 bits per heavy atom. The number of nitrogens with zero attached hydrogens (tertiary/aromatic N) is 2. The van der Waals surface area contributed by atoms with Gasteiger partial charge < -0.3 is 14.8 Å². The minimum Gasteiger partial charge on any atom is -0.494 e. The van der Waals surface area contributed by atoms with E-state index in [-0.39, 0.29) is 18.1 Å². The molecule has 1 aromatic heterocycles. The molecule has 1 saturated carbocycles. The van der Waals surface area contributed by atoms with E-state index in [9.17, 15) is 4.79 Å². The van der Waals surface area contributed by atoms with Crippen molar-refractivity contribution < 1.29 is 14.3 Å². The number of amides is 1. The second-order valence-electron chi connectivity index (χ2n) is 6.83. The maximum Gasteiger partial charge on any atom is 0.251 e. The number of ether oxygens (including phenoxy) is 2. The molecule has 1 aliphatic rings. The summed E-state index contributed by atoms with van der Waals surface area (Å²) in [5.74, 6) is 1.33. The summed E-state index contributed by atoms with van der Waals surface area (Å²) in [5, 5.41) is 3.13. The number of carbonyl (C=O) groups excluding carboxylic acids is 1. The van der Waals surface area contributed by atoms with E-state index in [1.165, 1.54) is 0 Å². The summed E-state index contributed by atoms with van der Waals surface area (Å²) in [6.45, 7) is 2.84. The summed E-state index contributed by atoms with van der Waals surface area (Å²) in [6, 6.07) is 7.53. The van der Waals surface area contributed by atoms with Crippen molar-refractivity contribution in [2.75, 3.05) is 6.61 Å². The molecule has 2 aromatic rings. The molecule has 1 aromatic carbocycles. The zero-order valence-electron chi connectivity index (χ0n) is 15.8. The topological polar surface area (TPSA) is 73.3 Å². The molecule has 6 heteroatoms. The highest BCUT2D eigenvalue weighted by Crippen LogP contribution is 2.23. The standard InChI is InChI=1S/C21H27N3O3/c1-2-3-14-26-18-8-4-16(5-9-18)21(25)24-17-6-10-19(11-7-17)27-20-15-22-12-13-23-20/h4-5,8-9,12-13,15,17,19H,2-3,6-7,10-11,14H2,1H3,(H,24,25). The first-order valence-electron chi connectivity index (χ1n) is 9.71. The molecule has 1 aliphatic carbocycles. The monoisotopic (exact) mass is 369 g/mol. The van der Waals surface area contributed by atoms with Gasteiger partial charge in [0.1, 0.15) is 11.9 Å². The molecule has 0 bridgehead atoms. The molecule has 144 valence electrons. The number of hydrogen-bond acceptors (Lipinski definition) is 5. The quantitative estimate of drug-likeness (QED) is 0.717. The van der Waals surface area contributed by atoms with E-state index in [1.54, 1.807) is 18.6 Å². The number of benzene rings is 1. The normalized spacial score (nSPS) is 19.3. The van der Waals surface area contributed by atoms with E-state index in [4.69, 9.17) is 9.47 Å². The van der Waals surface area contributed by atoms with Crippen molar-refractivity contribution in [3.63, 3.8) is 0 Å². The average Bonchev–Trinajstić information content (AvgIpc) is 2.71. The van der Waals surface area contributed by atoms with Gasteiger partial charge >= 0.3 is 0 Å². The summed E-state index contributed by atoms with van der Waals surface area (Å²) in [7, 11) is 0. The Morgan fingerprint density at radius 3 is 2.59 bits per heavy atom. The van der Waals surface area contributed by atoms with Crippen LogP contribution in [0.5, 0.6) is 11.6 Å². The Hall–Kier alpha value is -2.63. The maximum atomic E-state index is 12.5. The van der Waals surface area contributed by atoms with E-state index in [0.717, 1.165) is 44.3 Å². The van der Waals surface area contributed by atoms with Crippen LogP contribution < -0.4 is 14.8 Å². The molecular formula is C21H27N3O3. The smallest absolute Gasteiger partial charge is 0.251 e. The first kappa shape index (κ1) is 19.1. The average molecular weight is 369 g/mol. The van der Waals surface area contributed by atoms with Crippen LogP contribution in [-0.4, -0.2) is 34.6 Å². The number of unbranched alkanes of at least 4 members (excludes halogenated alkanes) is 1. The zero-order chi connectivity index (χ0) is 18.9. The molecule has 1 heterocycles. The number of nitrogens with one attached hydrogen (secondary N) is 1. The minimum atomic E-state index is -0.0339. The molecular weight excluding hydrogens is 342 g/mol. The molecule has 0 aliphatic heterocycles. The molecule has 0 saturated heterocycles. The Bertz CT molecular complexity index is 698. The molecule has 0 spiro atoms. The molecule has 0 atom stereocenters. The maximum absolute atomic E-state index is 12.5. The van der Waals surface area contributed by atoms with Gasteiger partial charge in [-0.1, -0.05) is 13.3 Å². The molecule has 6 nitrogen and oxygen atoms in total. The van der Waals surface area contributed by atoms with Crippen LogP contribution in [0.1, 0.15) is 55.8 Å². The summed E-state index contributed by atoms with van der Waals surface area (Å²) < 4.78 is 11.5. The Balaban J connectivity index is 1.42. The van der Waals surface area contributed by atoms with Gasteiger partial charge in [0.25, 0.3) is 5.91 Å². The van der Waals surface area contributed by atoms with Gasteiger partial charge in [0.2, 0.25) is 5.88 Å². The van der Waals surface area contributed by atoms with Crippen molar-refractivity contribution in [3.05, 3.63) is 48.4 Å². The number of carbonyl (C=O) groups is 1. The highest BCUT2D eigenvalue weighted by Gasteiger charge is 2.24. The molecule has 0 unspecified atom stereocenters. The van der Waals surface area contributed by atoms with Crippen LogP contribution in [0.2, 0.25) is 0 Å². The lowest BCUT2D eigenvalue weighted by molar-refractivity contribution is 0.0890. The summed E-state index contributed by atoms with van der Waals surface area (Å²) in [6.07, 6.45) is 10.7. The molecule has 0 radical (unpaired) electrons. The Labute approximate surface area is 160 Å². The lowest BCUT2D eigenvalue weighted by atomic mass is 9.92. The van der Waals surface area contributed by atoms with E-state index in [1.807, 2.05) is 24.3 Å². The molecule has 1 N–H and O–H groups in total. The summed E-state index contributed by atoms with van der Waals surface area (Å²) >= 11 is 0. The summed E-state index contributed by atoms with van der Waals surface area (Å²) in [5.41, 5.74) is 0.663. The third-order valence-corrected chi connectivity index (χ3v) is 4.72. The first-order chi connectivity index (χ1) is 13.2. The molecule has 1 fully saturated rings. The lowest BCUT2D eigenvalue weighted by Crippen LogP contribution is -2.39. The van der Waals surface area contributed by atoms with Crippen molar-refractivity contribution in [1.29, 1.82) is 0 Å². The van der Waals surface area contributed by atoms with Crippen molar-refractivity contribution in [3.8, 4) is 11.6 Å². The Kier molecular flexibility index (Phi) is 7.02. The lowest BCUT2D eigenvalue weighted by Gasteiger charge is -2.29. The van der Waals surface area contributed by atoms with Gasteiger partial charge in [-0.15, -0.1) is 0 Å². The van der Waals surface area contributed by atoms with Crippen molar-refractivity contribution in [2.45, 2.75) is 57.6 Å². The van der Waals surface area contributed by atoms with E-state index in [2.05, 4.69) is 22.2 Å². The first-order valence-corrected chi connectivity index (χ1v) is 9.71. The van der Waals surface area contributed by atoms with Crippen LogP contribution in [0, 0.1) is 0 Å². The van der Waals surface area contributed by atoms with Crippen LogP contribution in [0.3, 0.4) is 0 Å². The van der Waals surface area contributed by atoms with E-state index in [0.29, 0.717) is 18.1 Å². The van der Waals surface area contributed by atoms with Gasteiger partial charge in [-0.2, -0.15) is 0 Å². The Morgan fingerprint density at radius 2 is 1.93 bits per heavy atom. The van der Waals surface area contributed by atoms with Crippen LogP contribution >= 0.6 is 0 Å². The van der Waals surface area contributed by atoms with Crippen LogP contribution in [0.15, 0.2) is 42.9 Å². The fraction of sp³-hybridized carbons (Fsp3) is 0.476. The van der Waals surface area contributed by atoms with E-state index < -0.39 is 0 Å². The van der Waals surface area contributed by atoms with Gasteiger partial charge in [-0.25, -0.2) is 4.98 Å². The second-order valence-corrected chi connectivity index (χ2v) is 6.83.